The van der Waals surface area contributed by atoms with Crippen molar-refractivity contribution in [3.8, 4) is 11.5 Å². The lowest BCUT2D eigenvalue weighted by Crippen LogP contribution is -2.24. The van der Waals surface area contributed by atoms with Crippen molar-refractivity contribution in [2.24, 2.45) is 11.8 Å². The van der Waals surface area contributed by atoms with Crippen molar-refractivity contribution in [3.63, 3.8) is 0 Å². The molecule has 0 N–H and O–H groups in total. The highest BCUT2D eigenvalue weighted by atomic mass is 19.5. The molecule has 8 heteroatoms. The van der Waals surface area contributed by atoms with Crippen LogP contribution in [-0.2, 0) is 4.79 Å². The van der Waals surface area contributed by atoms with Crippen LogP contribution in [0.2, 0.25) is 0 Å². The molecule has 0 aliphatic heterocycles. The number of carbonyl (C=O) groups is 1. The van der Waals surface area contributed by atoms with Crippen LogP contribution in [0.5, 0.6) is 11.5 Å². The van der Waals surface area contributed by atoms with Crippen LogP contribution >= 0.6 is 0 Å². The monoisotopic (exact) mass is 368 g/mol. The van der Waals surface area contributed by atoms with Gasteiger partial charge in [0.05, 0.1) is 5.92 Å². The van der Waals surface area contributed by atoms with Crippen LogP contribution in [0.4, 0.5) is 22.0 Å². The highest BCUT2D eigenvalue weighted by Gasteiger charge is 2.26. The van der Waals surface area contributed by atoms with Gasteiger partial charge in [0.15, 0.2) is 0 Å². The molecule has 1 aromatic carbocycles. The molecule has 1 saturated carbocycles. The summed E-state index contributed by atoms with van der Waals surface area (Å²) in [7, 11) is 0. The molecule has 0 aromatic heterocycles. The number of halogens is 5. The summed E-state index contributed by atoms with van der Waals surface area (Å²) in [5, 5.41) is 0. The van der Waals surface area contributed by atoms with Crippen LogP contribution in [0.15, 0.2) is 24.3 Å². The Morgan fingerprint density at radius 3 is 2.00 bits per heavy atom. The molecule has 0 spiro atoms. The molecule has 0 amide bonds. The summed E-state index contributed by atoms with van der Waals surface area (Å²) in [6.45, 7) is 1.74. The van der Waals surface area contributed by atoms with E-state index in [9.17, 15) is 26.7 Å². The summed E-state index contributed by atoms with van der Waals surface area (Å²) < 4.78 is 61.2. The molecule has 1 fully saturated rings. The molecule has 0 saturated heterocycles. The van der Waals surface area contributed by atoms with E-state index < -0.39 is 13.1 Å². The fourth-order valence-electron chi connectivity index (χ4n) is 2.46. The predicted molar refractivity (Wildman–Crippen MR) is 81.8 cm³/mol. The molecule has 3 nitrogen and oxygen atoms in total. The zero-order chi connectivity index (χ0) is 18.9. The largest absolute Gasteiger partial charge is 0.559 e. The quantitative estimate of drug-likeness (QED) is 0.405. The summed E-state index contributed by atoms with van der Waals surface area (Å²) >= 11 is 0. The third kappa shape index (κ3) is 9.89. The molecule has 1 aromatic rings. The Kier molecular flexibility index (Phi) is 8.65. The smallest absolute Gasteiger partial charge is 0.491 e. The molecule has 0 heterocycles. The Morgan fingerprint density at radius 1 is 1.04 bits per heavy atom. The van der Waals surface area contributed by atoms with Gasteiger partial charge < -0.3 is 9.47 Å². The van der Waals surface area contributed by atoms with Crippen molar-refractivity contribution in [2.45, 2.75) is 39.0 Å². The minimum atomic E-state index is -5.50. The van der Waals surface area contributed by atoms with Crippen molar-refractivity contribution in [3.05, 3.63) is 24.3 Å². The number of carbonyl (C=O) groups excluding carboxylic acids is 1. The lowest BCUT2D eigenvalue weighted by atomic mass is 9.83. The van der Waals surface area contributed by atoms with Crippen molar-refractivity contribution < 1.29 is 36.2 Å². The Hall–Kier alpha value is -1.86. The van der Waals surface area contributed by atoms with Gasteiger partial charge in [-0.2, -0.15) is 0 Å². The first kappa shape index (κ1) is 21.2. The fourth-order valence-corrected chi connectivity index (χ4v) is 2.46. The van der Waals surface area contributed by atoms with Crippen LogP contribution in [0.1, 0.15) is 32.6 Å². The van der Waals surface area contributed by atoms with Crippen molar-refractivity contribution in [2.75, 3.05) is 13.3 Å². The summed E-state index contributed by atoms with van der Waals surface area (Å²) in [6.07, 6.45) is -1.49. The van der Waals surface area contributed by atoms with Gasteiger partial charge in [-0.3, -0.25) is 4.79 Å². The first-order valence-electron chi connectivity index (χ1n) is 7.95. The number of benzene rings is 1. The van der Waals surface area contributed by atoms with E-state index in [1.165, 1.54) is 0 Å². The van der Waals surface area contributed by atoms with E-state index in [1.807, 2.05) is 0 Å². The van der Waals surface area contributed by atoms with Crippen LogP contribution in [0, 0.1) is 11.8 Å². The van der Waals surface area contributed by atoms with Crippen LogP contribution < -0.4 is 9.47 Å². The highest BCUT2D eigenvalue weighted by molar-refractivity contribution is 5.75. The third-order valence-corrected chi connectivity index (χ3v) is 3.74. The molecule has 25 heavy (non-hydrogen) atoms. The molecule has 0 bridgehead atoms. The van der Waals surface area contributed by atoms with Gasteiger partial charge in [0, 0.05) is 0 Å². The Bertz CT molecular complexity index is 502. The van der Waals surface area contributed by atoms with Gasteiger partial charge in [-0.25, -0.2) is 4.39 Å². The van der Waals surface area contributed by atoms with Gasteiger partial charge in [0.2, 0.25) is 0 Å². The summed E-state index contributed by atoms with van der Waals surface area (Å²) in [6, 6.07) is 6.72. The maximum atomic E-state index is 12.0. The molecule has 2 rings (SSSR count). The van der Waals surface area contributed by atoms with Gasteiger partial charge in [-0.15, -0.1) is 17.6 Å². The van der Waals surface area contributed by atoms with Crippen molar-refractivity contribution >= 4 is 5.97 Å². The van der Waals surface area contributed by atoms with E-state index in [1.54, 1.807) is 24.3 Å². The number of ether oxygens (including phenoxy) is 2. The minimum absolute atomic E-state index is 0.0219. The molecule has 142 valence electrons. The lowest BCUT2D eigenvalue weighted by molar-refractivity contribution is -0.237. The van der Waals surface area contributed by atoms with E-state index in [0.29, 0.717) is 17.4 Å². The molecular weight excluding hydrogens is 347 g/mol. The zero-order valence-electron chi connectivity index (χ0n) is 13.8. The van der Waals surface area contributed by atoms with Gasteiger partial charge in [0.25, 0.3) is 0 Å². The number of alkyl halides is 5. The van der Waals surface area contributed by atoms with Crippen LogP contribution in [-0.4, -0.2) is 25.7 Å². The first-order valence-corrected chi connectivity index (χ1v) is 7.95. The van der Waals surface area contributed by atoms with E-state index in [2.05, 4.69) is 6.92 Å². The molecule has 1 aliphatic carbocycles. The second-order valence-corrected chi connectivity index (χ2v) is 5.82. The van der Waals surface area contributed by atoms with Crippen LogP contribution in [0.25, 0.3) is 0 Å². The maximum Gasteiger partial charge on any atom is 0.559 e. The summed E-state index contributed by atoms with van der Waals surface area (Å²) in [5.41, 5.74) is 0. The molecule has 0 unspecified atom stereocenters. The summed E-state index contributed by atoms with van der Waals surface area (Å²) in [5.74, 6) is 1.68. The van der Waals surface area contributed by atoms with Crippen molar-refractivity contribution in [1.29, 1.82) is 0 Å². The first-order chi connectivity index (χ1) is 11.7. The van der Waals surface area contributed by atoms with E-state index in [4.69, 9.17) is 9.47 Å². The van der Waals surface area contributed by atoms with Gasteiger partial charge in [-0.05, 0) is 55.9 Å². The Morgan fingerprint density at radius 2 is 1.52 bits per heavy atom. The zero-order valence-corrected chi connectivity index (χ0v) is 13.8. The normalized spacial score (nSPS) is 20.2. The summed E-state index contributed by atoms with van der Waals surface area (Å²) in [4.78, 5) is 12.0. The average molecular weight is 368 g/mol. The topological polar surface area (TPSA) is 35.5 Å². The number of hydrogen-bond donors (Lipinski definition) is 0. The van der Waals surface area contributed by atoms with E-state index >= 15 is 0 Å². The maximum absolute atomic E-state index is 12.0. The minimum Gasteiger partial charge on any atom is -0.491 e. The molecule has 0 radical (unpaired) electrons. The average Bonchev–Trinajstić information content (AvgIpc) is 2.53. The van der Waals surface area contributed by atoms with Crippen LogP contribution in [0.3, 0.4) is 0 Å². The fraction of sp³-hybridized carbons (Fsp3) is 0.588. The second-order valence-electron chi connectivity index (χ2n) is 5.82. The van der Waals surface area contributed by atoms with Gasteiger partial charge >= 0.3 is 12.4 Å². The highest BCUT2D eigenvalue weighted by Crippen LogP contribution is 2.29. The lowest BCUT2D eigenvalue weighted by Gasteiger charge is -2.24. The predicted octanol–water partition coefficient (Wildman–Crippen LogP) is 5.24. The van der Waals surface area contributed by atoms with E-state index in [-0.39, 0.29) is 18.5 Å². The van der Waals surface area contributed by atoms with E-state index in [0.717, 1.165) is 25.7 Å². The molecule has 0 atom stereocenters. The molecular formula is C17H21F5O3. The SMILES string of the molecule is CC1CCC(C(=O)Oc2ccc(OCCF)cc2)CC1.FC(F)(F)F. The number of esters is 1. The van der Waals surface area contributed by atoms with Gasteiger partial charge in [0.1, 0.15) is 24.8 Å². The Balaban J connectivity index is 0.000000550. The Labute approximate surface area is 143 Å². The van der Waals surface area contributed by atoms with Crippen molar-refractivity contribution in [1.82, 2.24) is 0 Å². The standard InChI is InChI=1S/C16H21FO3.CF4/c1-12-2-4-13(5-3-12)16(18)20-15-8-6-14(7-9-15)19-11-10-17;2-1(3,4)5/h6-9,12-13H,2-5,10-11H2,1H3;. The molecule has 1 aliphatic rings. The third-order valence-electron chi connectivity index (χ3n) is 3.74. The second kappa shape index (κ2) is 10.2. The number of rotatable bonds is 5. The van der Waals surface area contributed by atoms with Gasteiger partial charge in [-0.1, -0.05) is 6.92 Å². The number of hydrogen-bond acceptors (Lipinski definition) is 3.